The molecule has 0 amide bonds. The lowest BCUT2D eigenvalue weighted by atomic mass is 10.3. The number of rotatable bonds is 4. The van der Waals surface area contributed by atoms with E-state index in [1.807, 2.05) is 19.2 Å². The molecule has 0 saturated heterocycles. The smallest absolute Gasteiger partial charge is 0.148 e. The second-order valence-electron chi connectivity index (χ2n) is 3.24. The molecule has 0 spiro atoms. The van der Waals surface area contributed by atoms with Crippen LogP contribution in [-0.2, 0) is 6.54 Å². The second kappa shape index (κ2) is 4.77. The third kappa shape index (κ3) is 3.38. The predicted molar refractivity (Wildman–Crippen MR) is 53.6 cm³/mol. The Morgan fingerprint density at radius 2 is 2.08 bits per heavy atom. The Morgan fingerprint density at radius 1 is 1.31 bits per heavy atom. The van der Waals surface area contributed by atoms with Crippen LogP contribution in [0.5, 0.6) is 0 Å². The number of hydrogen-bond acceptors (Lipinski definition) is 4. The van der Waals surface area contributed by atoms with Crippen molar-refractivity contribution in [2.45, 2.75) is 26.4 Å². The molecule has 2 N–H and O–H groups in total. The normalized spacial score (nSPS) is 10.5. The lowest BCUT2D eigenvalue weighted by Gasteiger charge is -2.07. The fourth-order valence-electron chi connectivity index (χ4n) is 1.01. The molecule has 13 heavy (non-hydrogen) atoms. The van der Waals surface area contributed by atoms with Crippen LogP contribution in [0.2, 0.25) is 0 Å². The summed E-state index contributed by atoms with van der Waals surface area (Å²) in [5, 5.41) is 14.3. The molecule has 0 bridgehead atoms. The van der Waals surface area contributed by atoms with Gasteiger partial charge in [0.15, 0.2) is 0 Å². The molecule has 1 heterocycles. The standard InChI is InChI=1S/C9H16N4/c1-7(2)11-9-5-4-8(6-10-3)12-13-9/h4-5,7,10H,6H2,1-3H3,(H,11,13). The van der Waals surface area contributed by atoms with Crippen molar-refractivity contribution in [1.29, 1.82) is 0 Å². The second-order valence-corrected chi connectivity index (χ2v) is 3.24. The van der Waals surface area contributed by atoms with E-state index in [0.29, 0.717) is 6.04 Å². The molecule has 0 atom stereocenters. The summed E-state index contributed by atoms with van der Waals surface area (Å²) < 4.78 is 0. The van der Waals surface area contributed by atoms with Crippen molar-refractivity contribution < 1.29 is 0 Å². The van der Waals surface area contributed by atoms with E-state index in [1.54, 1.807) is 0 Å². The average Bonchev–Trinajstić information content (AvgIpc) is 2.08. The van der Waals surface area contributed by atoms with Crippen LogP contribution in [0.1, 0.15) is 19.5 Å². The van der Waals surface area contributed by atoms with Gasteiger partial charge in [-0.1, -0.05) is 0 Å². The molecular weight excluding hydrogens is 164 g/mol. The minimum Gasteiger partial charge on any atom is -0.366 e. The first kappa shape index (κ1) is 9.92. The first-order valence-electron chi connectivity index (χ1n) is 4.46. The molecule has 0 unspecified atom stereocenters. The molecule has 0 aromatic carbocycles. The highest BCUT2D eigenvalue weighted by atomic mass is 15.2. The maximum atomic E-state index is 4.05. The van der Waals surface area contributed by atoms with E-state index >= 15 is 0 Å². The number of hydrogen-bond donors (Lipinski definition) is 2. The maximum Gasteiger partial charge on any atom is 0.148 e. The van der Waals surface area contributed by atoms with Gasteiger partial charge < -0.3 is 10.6 Å². The lowest BCUT2D eigenvalue weighted by Crippen LogP contribution is -2.13. The number of nitrogens with zero attached hydrogens (tertiary/aromatic N) is 2. The van der Waals surface area contributed by atoms with E-state index in [1.165, 1.54) is 0 Å². The third-order valence-electron chi connectivity index (χ3n) is 1.51. The molecule has 0 fully saturated rings. The van der Waals surface area contributed by atoms with Crippen molar-refractivity contribution in [2.24, 2.45) is 0 Å². The summed E-state index contributed by atoms with van der Waals surface area (Å²) >= 11 is 0. The molecular formula is C9H16N4. The van der Waals surface area contributed by atoms with E-state index in [0.717, 1.165) is 18.1 Å². The summed E-state index contributed by atoms with van der Waals surface area (Å²) in [5.41, 5.74) is 0.955. The van der Waals surface area contributed by atoms with Gasteiger partial charge in [-0.3, -0.25) is 0 Å². The molecule has 0 aliphatic heterocycles. The topological polar surface area (TPSA) is 49.8 Å². The van der Waals surface area contributed by atoms with E-state index in [-0.39, 0.29) is 0 Å². The van der Waals surface area contributed by atoms with Gasteiger partial charge >= 0.3 is 0 Å². The monoisotopic (exact) mass is 180 g/mol. The molecule has 0 saturated carbocycles. The van der Waals surface area contributed by atoms with E-state index in [4.69, 9.17) is 0 Å². The SMILES string of the molecule is CNCc1ccc(NC(C)C)nn1. The summed E-state index contributed by atoms with van der Waals surface area (Å²) in [5.74, 6) is 0.829. The van der Waals surface area contributed by atoms with E-state index in [2.05, 4.69) is 34.7 Å². The van der Waals surface area contributed by atoms with Gasteiger partial charge in [0, 0.05) is 12.6 Å². The van der Waals surface area contributed by atoms with Gasteiger partial charge in [-0.15, -0.1) is 5.10 Å². The van der Waals surface area contributed by atoms with Crippen LogP contribution in [0, 0.1) is 0 Å². The van der Waals surface area contributed by atoms with Crippen LogP contribution in [0.15, 0.2) is 12.1 Å². The van der Waals surface area contributed by atoms with Crippen molar-refractivity contribution in [3.8, 4) is 0 Å². The highest BCUT2D eigenvalue weighted by Gasteiger charge is 1.97. The molecule has 4 nitrogen and oxygen atoms in total. The van der Waals surface area contributed by atoms with Crippen LogP contribution in [0.3, 0.4) is 0 Å². The Kier molecular flexibility index (Phi) is 3.64. The van der Waals surface area contributed by atoms with Crippen LogP contribution in [-0.4, -0.2) is 23.3 Å². The quantitative estimate of drug-likeness (QED) is 0.726. The summed E-state index contributed by atoms with van der Waals surface area (Å²) in [7, 11) is 1.89. The zero-order valence-corrected chi connectivity index (χ0v) is 8.33. The third-order valence-corrected chi connectivity index (χ3v) is 1.51. The Morgan fingerprint density at radius 3 is 2.54 bits per heavy atom. The van der Waals surface area contributed by atoms with E-state index < -0.39 is 0 Å². The van der Waals surface area contributed by atoms with Crippen LogP contribution in [0.25, 0.3) is 0 Å². The Labute approximate surface area is 78.8 Å². The van der Waals surface area contributed by atoms with Crippen molar-refractivity contribution in [2.75, 3.05) is 12.4 Å². The van der Waals surface area contributed by atoms with Gasteiger partial charge in [0.1, 0.15) is 5.82 Å². The molecule has 0 aliphatic rings. The molecule has 0 aliphatic carbocycles. The molecule has 1 rings (SSSR count). The average molecular weight is 180 g/mol. The zero-order valence-electron chi connectivity index (χ0n) is 8.33. The number of nitrogens with one attached hydrogen (secondary N) is 2. The summed E-state index contributed by atoms with van der Waals surface area (Å²) in [4.78, 5) is 0. The molecule has 72 valence electrons. The first-order chi connectivity index (χ1) is 6.22. The van der Waals surface area contributed by atoms with Gasteiger partial charge in [0.05, 0.1) is 5.69 Å². The Balaban J connectivity index is 2.59. The minimum absolute atomic E-state index is 0.393. The zero-order chi connectivity index (χ0) is 9.68. The summed E-state index contributed by atoms with van der Waals surface area (Å²) in [6.07, 6.45) is 0. The van der Waals surface area contributed by atoms with Gasteiger partial charge in [-0.25, -0.2) is 0 Å². The van der Waals surface area contributed by atoms with Crippen LogP contribution >= 0.6 is 0 Å². The van der Waals surface area contributed by atoms with Gasteiger partial charge in [-0.2, -0.15) is 5.10 Å². The van der Waals surface area contributed by atoms with Gasteiger partial charge in [-0.05, 0) is 33.0 Å². The highest BCUT2D eigenvalue weighted by molar-refractivity contribution is 5.33. The first-order valence-corrected chi connectivity index (χ1v) is 4.46. The highest BCUT2D eigenvalue weighted by Crippen LogP contribution is 2.03. The Bertz CT molecular complexity index is 242. The van der Waals surface area contributed by atoms with Crippen molar-refractivity contribution in [3.05, 3.63) is 17.8 Å². The molecule has 1 aromatic heterocycles. The fourth-order valence-corrected chi connectivity index (χ4v) is 1.01. The van der Waals surface area contributed by atoms with Crippen LogP contribution in [0.4, 0.5) is 5.82 Å². The summed E-state index contributed by atoms with van der Waals surface area (Å²) in [6.45, 7) is 4.90. The summed E-state index contributed by atoms with van der Waals surface area (Å²) in [6, 6.07) is 4.30. The van der Waals surface area contributed by atoms with Crippen molar-refractivity contribution >= 4 is 5.82 Å². The van der Waals surface area contributed by atoms with Gasteiger partial charge in [0.25, 0.3) is 0 Å². The van der Waals surface area contributed by atoms with Crippen molar-refractivity contribution in [3.63, 3.8) is 0 Å². The van der Waals surface area contributed by atoms with Gasteiger partial charge in [0.2, 0.25) is 0 Å². The van der Waals surface area contributed by atoms with Crippen LogP contribution < -0.4 is 10.6 Å². The number of anilines is 1. The molecule has 1 aromatic rings. The molecule has 4 heteroatoms. The fraction of sp³-hybridized carbons (Fsp3) is 0.556. The maximum absolute atomic E-state index is 4.05. The minimum atomic E-state index is 0.393. The van der Waals surface area contributed by atoms with E-state index in [9.17, 15) is 0 Å². The number of aromatic nitrogens is 2. The molecule has 0 radical (unpaired) electrons. The largest absolute Gasteiger partial charge is 0.366 e. The lowest BCUT2D eigenvalue weighted by molar-refractivity contribution is 0.764. The Hall–Kier alpha value is -1.16. The predicted octanol–water partition coefficient (Wildman–Crippen LogP) is 1.02. The van der Waals surface area contributed by atoms with Crippen molar-refractivity contribution in [1.82, 2.24) is 15.5 Å².